The number of hydrogen-bond donors (Lipinski definition) is 1. The lowest BCUT2D eigenvalue weighted by Crippen LogP contribution is -2.46. The van der Waals surface area contributed by atoms with E-state index in [0.29, 0.717) is 25.1 Å². The minimum Gasteiger partial charge on any atom is -0.353 e. The number of piperidine rings is 1. The number of amides is 2. The molecule has 2 atom stereocenters. The Balaban J connectivity index is 1.72. The quantitative estimate of drug-likeness (QED) is 0.417. The molecule has 1 aliphatic heterocycles. The molecule has 2 aromatic carbocycles. The van der Waals surface area contributed by atoms with E-state index < -0.39 is 0 Å². The molecule has 0 aliphatic carbocycles. The lowest BCUT2D eigenvalue weighted by atomic mass is 9.84. The molecule has 1 saturated heterocycles. The van der Waals surface area contributed by atoms with Gasteiger partial charge in [-0.25, -0.2) is 4.39 Å². The minimum atomic E-state index is -0.186. The molecule has 6 heteroatoms. The standard InChI is InChI=1S/C29H38FN3O2/c1-20-15-23(11-12-27(34)31-13-8-14-32(4)5)16-21(2)28(20)33-19-24(17-22(3)29(33)35)18-25-9-6-7-10-26(25)30/h6-7,9-12,15-16,22,24H,8,13-14,17-19H2,1-5H3,(H,31,34)/b12-11+/t22-,24-/m1/s1. The smallest absolute Gasteiger partial charge is 0.243 e. The third-order valence-corrected chi connectivity index (χ3v) is 6.57. The van der Waals surface area contributed by atoms with E-state index >= 15 is 0 Å². The van der Waals surface area contributed by atoms with Gasteiger partial charge in [-0.15, -0.1) is 0 Å². The molecule has 0 spiro atoms. The Morgan fingerprint density at radius 2 is 1.89 bits per heavy atom. The van der Waals surface area contributed by atoms with Gasteiger partial charge in [-0.3, -0.25) is 9.59 Å². The van der Waals surface area contributed by atoms with Crippen LogP contribution in [0.4, 0.5) is 10.1 Å². The molecule has 188 valence electrons. The summed E-state index contributed by atoms with van der Waals surface area (Å²) in [6, 6.07) is 10.9. The second-order valence-corrected chi connectivity index (χ2v) is 10.0. The third kappa shape index (κ3) is 7.25. The van der Waals surface area contributed by atoms with Crippen LogP contribution in [0.3, 0.4) is 0 Å². The molecule has 1 N–H and O–H groups in total. The van der Waals surface area contributed by atoms with E-state index in [1.54, 1.807) is 12.1 Å². The van der Waals surface area contributed by atoms with Crippen molar-refractivity contribution in [3.63, 3.8) is 0 Å². The van der Waals surface area contributed by atoms with Crippen molar-refractivity contribution in [1.82, 2.24) is 10.2 Å². The molecule has 0 aromatic heterocycles. The van der Waals surface area contributed by atoms with Gasteiger partial charge in [0, 0.05) is 30.8 Å². The van der Waals surface area contributed by atoms with Crippen LogP contribution in [0.15, 0.2) is 42.5 Å². The predicted molar refractivity (Wildman–Crippen MR) is 141 cm³/mol. The Bertz CT molecular complexity index is 1060. The Kier molecular flexibility index (Phi) is 9.21. The van der Waals surface area contributed by atoms with Gasteiger partial charge in [0.1, 0.15) is 5.82 Å². The number of aryl methyl sites for hydroxylation is 2. The number of carbonyl (C=O) groups is 2. The minimum absolute atomic E-state index is 0.112. The molecule has 0 saturated carbocycles. The van der Waals surface area contributed by atoms with Crippen LogP contribution in [-0.4, -0.2) is 50.4 Å². The number of anilines is 1. The SMILES string of the molecule is Cc1cc(/C=C/C(=O)NCCCN(C)C)cc(C)c1N1C[C@@H](Cc2ccccc2F)C[C@@H](C)C1=O. The molecular formula is C29H38FN3O2. The lowest BCUT2D eigenvalue weighted by Gasteiger charge is -2.38. The van der Waals surface area contributed by atoms with E-state index in [1.165, 1.54) is 6.07 Å². The largest absolute Gasteiger partial charge is 0.353 e. The molecule has 3 rings (SSSR count). The monoisotopic (exact) mass is 479 g/mol. The van der Waals surface area contributed by atoms with Crippen molar-refractivity contribution >= 4 is 23.6 Å². The predicted octanol–water partition coefficient (Wildman–Crippen LogP) is 4.76. The van der Waals surface area contributed by atoms with Gasteiger partial charge in [0.25, 0.3) is 0 Å². The molecule has 1 heterocycles. The number of nitrogens with one attached hydrogen (secondary N) is 1. The van der Waals surface area contributed by atoms with Crippen molar-refractivity contribution in [3.8, 4) is 0 Å². The summed E-state index contributed by atoms with van der Waals surface area (Å²) >= 11 is 0. The summed E-state index contributed by atoms with van der Waals surface area (Å²) in [4.78, 5) is 29.3. The zero-order chi connectivity index (χ0) is 25.5. The first kappa shape index (κ1) is 26.6. The summed E-state index contributed by atoms with van der Waals surface area (Å²) in [5.41, 5.74) is 4.53. The lowest BCUT2D eigenvalue weighted by molar-refractivity contribution is -0.124. The number of rotatable bonds is 9. The second-order valence-electron chi connectivity index (χ2n) is 10.0. The normalized spacial score (nSPS) is 18.5. The molecule has 35 heavy (non-hydrogen) atoms. The Labute approximate surface area is 209 Å². The van der Waals surface area contributed by atoms with Crippen LogP contribution in [0.25, 0.3) is 6.08 Å². The fraction of sp³-hybridized carbons (Fsp3) is 0.448. The van der Waals surface area contributed by atoms with Crippen LogP contribution >= 0.6 is 0 Å². The van der Waals surface area contributed by atoms with Crippen molar-refractivity contribution in [2.24, 2.45) is 11.8 Å². The zero-order valence-electron chi connectivity index (χ0n) is 21.6. The molecule has 1 fully saturated rings. The summed E-state index contributed by atoms with van der Waals surface area (Å²) in [7, 11) is 4.02. The summed E-state index contributed by atoms with van der Waals surface area (Å²) in [6.45, 7) is 8.10. The molecule has 0 radical (unpaired) electrons. The van der Waals surface area contributed by atoms with E-state index in [1.807, 2.05) is 70.1 Å². The number of hydrogen-bond acceptors (Lipinski definition) is 3. The average molecular weight is 480 g/mol. The van der Waals surface area contributed by atoms with E-state index in [9.17, 15) is 14.0 Å². The van der Waals surface area contributed by atoms with E-state index in [-0.39, 0.29) is 29.5 Å². The topological polar surface area (TPSA) is 52.7 Å². The van der Waals surface area contributed by atoms with Gasteiger partial charge in [0.2, 0.25) is 11.8 Å². The number of carbonyl (C=O) groups excluding carboxylic acids is 2. The summed E-state index contributed by atoms with van der Waals surface area (Å²) in [5.74, 6) is -0.112. The average Bonchev–Trinajstić information content (AvgIpc) is 2.79. The Morgan fingerprint density at radius 3 is 2.54 bits per heavy atom. The van der Waals surface area contributed by atoms with Crippen LogP contribution in [0, 0.1) is 31.5 Å². The molecule has 2 amide bonds. The summed E-state index contributed by atoms with van der Waals surface area (Å²) in [6.07, 6.45) is 5.64. The van der Waals surface area contributed by atoms with Crippen molar-refractivity contribution in [1.29, 1.82) is 0 Å². The van der Waals surface area contributed by atoms with Crippen LogP contribution in [-0.2, 0) is 16.0 Å². The van der Waals surface area contributed by atoms with E-state index in [2.05, 4.69) is 10.2 Å². The van der Waals surface area contributed by atoms with Gasteiger partial charge >= 0.3 is 0 Å². The Hall–Kier alpha value is -2.99. The highest BCUT2D eigenvalue weighted by Crippen LogP contribution is 2.34. The van der Waals surface area contributed by atoms with Crippen molar-refractivity contribution in [2.45, 2.75) is 40.0 Å². The maximum absolute atomic E-state index is 14.2. The summed E-state index contributed by atoms with van der Waals surface area (Å²) < 4.78 is 14.2. The number of halogens is 1. The second kappa shape index (κ2) is 12.1. The van der Waals surface area contributed by atoms with Gasteiger partial charge in [-0.1, -0.05) is 25.1 Å². The highest BCUT2D eigenvalue weighted by molar-refractivity contribution is 5.97. The highest BCUT2D eigenvalue weighted by Gasteiger charge is 2.34. The number of nitrogens with zero attached hydrogens (tertiary/aromatic N) is 2. The van der Waals surface area contributed by atoms with Gasteiger partial charge in [0.05, 0.1) is 0 Å². The highest BCUT2D eigenvalue weighted by atomic mass is 19.1. The van der Waals surface area contributed by atoms with Gasteiger partial charge in [-0.05, 0) is 106 Å². The molecule has 0 unspecified atom stereocenters. The van der Waals surface area contributed by atoms with Crippen LogP contribution < -0.4 is 10.2 Å². The van der Waals surface area contributed by atoms with Gasteiger partial charge in [-0.2, -0.15) is 0 Å². The zero-order valence-corrected chi connectivity index (χ0v) is 21.6. The first-order valence-electron chi connectivity index (χ1n) is 12.4. The third-order valence-electron chi connectivity index (χ3n) is 6.57. The first-order chi connectivity index (χ1) is 16.7. The maximum Gasteiger partial charge on any atom is 0.243 e. The maximum atomic E-state index is 14.2. The molecular weight excluding hydrogens is 441 g/mol. The van der Waals surface area contributed by atoms with Crippen LogP contribution in [0.1, 0.15) is 42.0 Å². The van der Waals surface area contributed by atoms with E-state index in [4.69, 9.17) is 0 Å². The van der Waals surface area contributed by atoms with Crippen molar-refractivity contribution < 1.29 is 14.0 Å². The molecule has 2 aromatic rings. The molecule has 0 bridgehead atoms. The first-order valence-corrected chi connectivity index (χ1v) is 12.4. The van der Waals surface area contributed by atoms with Crippen LogP contribution in [0.5, 0.6) is 0 Å². The fourth-order valence-electron chi connectivity index (χ4n) is 4.96. The van der Waals surface area contributed by atoms with Gasteiger partial charge < -0.3 is 15.1 Å². The fourth-order valence-corrected chi connectivity index (χ4v) is 4.96. The van der Waals surface area contributed by atoms with Crippen molar-refractivity contribution in [2.75, 3.05) is 38.6 Å². The Morgan fingerprint density at radius 1 is 1.20 bits per heavy atom. The van der Waals surface area contributed by atoms with Crippen LogP contribution in [0.2, 0.25) is 0 Å². The molecule has 1 aliphatic rings. The summed E-state index contributed by atoms with van der Waals surface area (Å²) in [5, 5.41) is 2.91. The van der Waals surface area contributed by atoms with E-state index in [0.717, 1.165) is 41.8 Å². The number of benzene rings is 2. The molecule has 5 nitrogen and oxygen atoms in total. The van der Waals surface area contributed by atoms with Gasteiger partial charge in [0.15, 0.2) is 0 Å². The van der Waals surface area contributed by atoms with Crippen molar-refractivity contribution in [3.05, 3.63) is 70.5 Å².